The van der Waals surface area contributed by atoms with Gasteiger partial charge in [0.1, 0.15) is 131 Å². The van der Waals surface area contributed by atoms with E-state index in [0.717, 1.165) is 119 Å². The van der Waals surface area contributed by atoms with E-state index < -0.39 is 271 Å². The first-order valence-corrected chi connectivity index (χ1v) is 45.3. The number of halogens is 2. The van der Waals surface area contributed by atoms with Crippen LogP contribution >= 0.6 is 23.2 Å². The van der Waals surface area contributed by atoms with Crippen molar-refractivity contribution in [3.05, 3.63) is 164 Å². The van der Waals surface area contributed by atoms with Crippen LogP contribution in [0.2, 0.25) is 10.0 Å². The van der Waals surface area contributed by atoms with Gasteiger partial charge in [-0.05, 0) is 172 Å². The summed E-state index contributed by atoms with van der Waals surface area (Å²) in [4.78, 5) is 142. The molecular formula is C93H112Cl2N12O28. The van der Waals surface area contributed by atoms with Crippen molar-refractivity contribution in [1.29, 1.82) is 0 Å². The van der Waals surface area contributed by atoms with Crippen molar-refractivity contribution in [1.82, 2.24) is 52.8 Å². The number of nitrogens with zero attached hydrogens (tertiary/aromatic N) is 1. The van der Waals surface area contributed by atoms with Crippen molar-refractivity contribution < 1.29 is 137 Å². The van der Waals surface area contributed by atoms with Crippen molar-refractivity contribution in [2.45, 2.75) is 207 Å². The SMILES string of the molecule is CCCCCCCCCCCC(=O)N[C@H]1[C@H](Oc2c3cc4cc2Oc2ccc(cc2Cl)[C@@H](O)[C@@H]2NC(=O)[C@H](NC(=O)[C@@H]4NC(=O)[C@H]4NC(=O)[C@@H](Cc5ccc(cc5)O3)NC(=O)[C@H](NC)c3ccc(O)c(c3)Oc3cc(O)c(Cl)c4c3)c3ccc(O)c(c3)-c3c(O[C@H]4O[C@H](CO)[C@@H](O)[C@H](O)[C@@H]4O)cc(O)cc3[C@H](C(=O)NCCCN(CCCN)CCCN)NC2=O)O[C@H](C(=O)OC)[C@@H](O)[C@@H]1O. The molecule has 7 aromatic carbocycles. The lowest BCUT2D eigenvalue weighted by atomic mass is 9.89. The Bertz CT molecular complexity index is 5460. The van der Waals surface area contributed by atoms with E-state index in [4.69, 9.17) is 72.6 Å². The summed E-state index contributed by atoms with van der Waals surface area (Å²) in [6, 6.07) is 5.96. The molecule has 7 aromatic rings. The molecule has 18 atom stereocenters. The highest BCUT2D eigenvalue weighted by Crippen LogP contribution is 2.51. The molecule has 8 aliphatic rings. The first kappa shape index (κ1) is 100. The second kappa shape index (κ2) is 45.6. The van der Waals surface area contributed by atoms with Gasteiger partial charge in [0.15, 0.2) is 29.1 Å². The molecule has 8 amide bonds. The number of phenols is 4. The van der Waals surface area contributed by atoms with E-state index in [1.807, 2.05) is 0 Å². The highest BCUT2D eigenvalue weighted by molar-refractivity contribution is 6.33. The summed E-state index contributed by atoms with van der Waals surface area (Å²) in [5, 5.41) is 152. The fourth-order valence-corrected chi connectivity index (χ4v) is 17.4. The Labute approximate surface area is 784 Å². The molecule has 0 spiro atoms. The molecule has 8 heterocycles. The molecule has 135 heavy (non-hydrogen) atoms. The zero-order chi connectivity index (χ0) is 96.7. The molecule has 42 heteroatoms. The van der Waals surface area contributed by atoms with Crippen LogP contribution in [0.3, 0.4) is 0 Å². The predicted molar refractivity (Wildman–Crippen MR) is 482 cm³/mol. The van der Waals surface area contributed by atoms with Gasteiger partial charge in [0.25, 0.3) is 0 Å². The Morgan fingerprint density at radius 3 is 1.85 bits per heavy atom. The number of unbranched alkanes of at least 4 members (excludes halogenated alkanes) is 8. The zero-order valence-corrected chi connectivity index (χ0v) is 75.4. The first-order valence-electron chi connectivity index (χ1n) is 44.6. The van der Waals surface area contributed by atoms with Crippen LogP contribution in [0, 0.1) is 0 Å². The van der Waals surface area contributed by atoms with Gasteiger partial charge in [-0.25, -0.2) is 4.79 Å². The minimum absolute atomic E-state index is 0.122. The van der Waals surface area contributed by atoms with Gasteiger partial charge >= 0.3 is 5.97 Å². The fraction of sp³-hybridized carbons (Fsp3) is 0.452. The summed E-state index contributed by atoms with van der Waals surface area (Å²) in [7, 11) is 2.40. The summed E-state index contributed by atoms with van der Waals surface area (Å²) >= 11 is 14.4. The summed E-state index contributed by atoms with van der Waals surface area (Å²) in [6.07, 6.45) is -11.8. The number of carbonyl (C=O) groups is 9. The molecule has 8 aliphatic heterocycles. The maximum atomic E-state index is 17.0. The van der Waals surface area contributed by atoms with Crippen molar-refractivity contribution in [2.75, 3.05) is 60.0 Å². The number of aliphatic hydroxyl groups is 7. The number of carbonyl (C=O) groups excluding carboxylic acids is 9. The minimum Gasteiger partial charge on any atom is -0.508 e. The van der Waals surface area contributed by atoms with E-state index in [1.54, 1.807) is 0 Å². The van der Waals surface area contributed by atoms with Crippen molar-refractivity contribution >= 4 is 76.4 Å². The van der Waals surface area contributed by atoms with Crippen LogP contribution in [-0.4, -0.2) is 248 Å². The maximum Gasteiger partial charge on any atom is 0.337 e. The molecule has 0 unspecified atom stereocenters. The van der Waals surface area contributed by atoms with Gasteiger partial charge in [-0.1, -0.05) is 112 Å². The molecule has 0 saturated carbocycles. The lowest BCUT2D eigenvalue weighted by Gasteiger charge is -2.41. The van der Waals surface area contributed by atoms with Crippen LogP contribution in [0.5, 0.6) is 69.0 Å². The summed E-state index contributed by atoms with van der Waals surface area (Å²) < 4.78 is 50.1. The first-order chi connectivity index (χ1) is 64.8. The Morgan fingerprint density at radius 2 is 1.17 bits per heavy atom. The van der Waals surface area contributed by atoms with E-state index in [9.17, 15) is 70.6 Å². The number of nitrogens with two attached hydrogens (primary N) is 2. The van der Waals surface area contributed by atoms with E-state index in [1.165, 1.54) is 55.6 Å². The van der Waals surface area contributed by atoms with Gasteiger partial charge in [0.2, 0.25) is 65.6 Å². The third-order valence-electron chi connectivity index (χ3n) is 24.2. The lowest BCUT2D eigenvalue weighted by molar-refractivity contribution is -0.277. The Morgan fingerprint density at radius 1 is 0.541 bits per heavy atom. The standard InChI is InChI=1S/C93H112Cl2N12O28/c1-4-5-6-7-8-9-10-11-12-16-66(113)101-75-78(116)80(118)83(91(127)128-3)135-92(75)134-82-63-37-48-38-64(82)131-60-26-21-47(35-55(60)94)76(114)74-90(126)105-72(85(121)99-29-15-32-107(30-13-27-96)31-14-28-97)53-39-49(109)40-62(132-93-81(119)79(117)77(115)65(43-108)133-93)67(53)52-34-45(19-24-57(52)110)70(87(123)106-74)102-88(124)71(48)103-89(125)73-54-41-51(42-59(112)68(54)95)130-61-36-46(20-25-58(61)111)69(98-2)86(122)100-56(84(120)104-73)33-44-17-22-50(129-63)23-18-44/h17-26,34-42,56,65,69-81,83,92-93,98,108-112,114-119H,4-16,27-33,43,96-97H2,1-3H3,(H,99,121)(H,100,122)(H,101,113)(H,102,124)(H,103,125)(H,104,120)(H,105,126)(H,106,123)/t56-,65-,69-,70-,71-,72-,73+,74+,75-,76-,77-,78-,79+,80+,81+,83+,92-,93+/m1/s1. The quantitative estimate of drug-likeness (QED) is 0.0234. The van der Waals surface area contributed by atoms with Gasteiger partial charge in [0.05, 0.1) is 23.8 Å². The average Bonchev–Trinajstić information content (AvgIpc) is 0.757. The van der Waals surface area contributed by atoms with Crippen LogP contribution in [-0.2, 0) is 63.8 Å². The molecule has 0 aliphatic carbocycles. The van der Waals surface area contributed by atoms with E-state index in [0.29, 0.717) is 64.0 Å². The smallest absolute Gasteiger partial charge is 0.337 e. The van der Waals surface area contributed by atoms with Crippen molar-refractivity contribution in [3.63, 3.8) is 0 Å². The molecule has 0 aromatic heterocycles. The number of ether oxygens (including phenoxy) is 8. The fourth-order valence-electron chi connectivity index (χ4n) is 16.9. The molecule has 17 bridgehead atoms. The van der Waals surface area contributed by atoms with Crippen molar-refractivity contribution in [2.24, 2.45) is 11.5 Å². The highest BCUT2D eigenvalue weighted by atomic mass is 35.5. The highest BCUT2D eigenvalue weighted by Gasteiger charge is 2.52. The number of methoxy groups -OCH3 is 1. The average molecular weight is 1920 g/mol. The lowest BCUT2D eigenvalue weighted by Crippen LogP contribution is -2.66. The van der Waals surface area contributed by atoms with E-state index in [-0.39, 0.29) is 47.8 Å². The number of hydrogen-bond donors (Lipinski definition) is 22. The Balaban J connectivity index is 1.03. The summed E-state index contributed by atoms with van der Waals surface area (Å²) in [6.45, 7) is 3.25. The maximum absolute atomic E-state index is 17.0. The van der Waals surface area contributed by atoms with E-state index >= 15 is 28.8 Å². The normalized spacial score (nSPS) is 25.1. The van der Waals surface area contributed by atoms with Gasteiger partial charge < -0.3 is 158 Å². The third kappa shape index (κ3) is 23.6. The minimum atomic E-state index is -2.45. The predicted octanol–water partition coefficient (Wildman–Crippen LogP) is 3.84. The molecule has 2 fully saturated rings. The number of benzene rings is 7. The number of aromatic hydroxyl groups is 4. The van der Waals surface area contributed by atoms with E-state index in [2.05, 4.69) is 59.7 Å². The van der Waals surface area contributed by atoms with Crippen LogP contribution in [0.25, 0.3) is 11.1 Å². The number of amides is 8. The zero-order valence-electron chi connectivity index (χ0n) is 73.9. The number of rotatable bonds is 29. The van der Waals surface area contributed by atoms with Gasteiger partial charge in [0, 0.05) is 48.2 Å². The number of fused-ring (bicyclic) bond motifs is 14. The molecule has 0 radical (unpaired) electrons. The number of likely N-dealkylation sites (N-methyl/N-ethyl adjacent to an activating group) is 1. The van der Waals surface area contributed by atoms with Crippen LogP contribution in [0.4, 0.5) is 0 Å². The van der Waals surface area contributed by atoms with Gasteiger partial charge in [-0.3, -0.25) is 38.4 Å². The molecule has 2 saturated heterocycles. The number of aliphatic hydroxyl groups excluding tert-OH is 7. The Hall–Kier alpha value is -12.0. The monoisotopic (exact) mass is 1910 g/mol. The molecule has 24 N–H and O–H groups in total. The Kier molecular flexibility index (Phi) is 33.9. The second-order valence-electron chi connectivity index (χ2n) is 33.7. The summed E-state index contributed by atoms with van der Waals surface area (Å²) in [5.74, 6) is -17.2. The third-order valence-corrected chi connectivity index (χ3v) is 24.9. The molecule has 726 valence electrons. The molecule has 40 nitrogen and oxygen atoms in total. The largest absolute Gasteiger partial charge is 0.508 e. The van der Waals surface area contributed by atoms with Crippen LogP contribution < -0.4 is 83.0 Å². The second-order valence-corrected chi connectivity index (χ2v) is 34.5. The van der Waals surface area contributed by atoms with Crippen LogP contribution in [0.1, 0.15) is 166 Å². The number of hydrogen-bond acceptors (Lipinski definition) is 32. The molecular weight excluding hydrogens is 1800 g/mol. The van der Waals surface area contributed by atoms with Crippen LogP contribution in [0.15, 0.2) is 115 Å². The molecule has 15 rings (SSSR count). The number of esters is 1. The topological polar surface area (TPSA) is 614 Å². The number of phenolic OH excluding ortho intramolecular Hbond substituents is 4. The number of nitrogens with one attached hydrogen (secondary N) is 9. The van der Waals surface area contributed by atoms with Crippen molar-refractivity contribution in [3.8, 4) is 80.1 Å². The van der Waals surface area contributed by atoms with Gasteiger partial charge in [-0.15, -0.1) is 0 Å². The summed E-state index contributed by atoms with van der Waals surface area (Å²) in [5.41, 5.74) is 9.13. The van der Waals surface area contributed by atoms with Gasteiger partial charge in [-0.2, -0.15) is 0 Å².